The maximum atomic E-state index is 13.7. The maximum absolute atomic E-state index is 13.7. The number of rotatable bonds is 5. The lowest BCUT2D eigenvalue weighted by Gasteiger charge is -2.07. The van der Waals surface area contributed by atoms with Crippen LogP contribution in [0.4, 0.5) is 4.39 Å². The van der Waals surface area contributed by atoms with Crippen molar-refractivity contribution in [3.63, 3.8) is 0 Å². The van der Waals surface area contributed by atoms with Crippen LogP contribution >= 0.6 is 12.4 Å². The number of likely N-dealkylation sites (N-methyl/N-ethyl adjacent to an activating group) is 1. The number of hydrogen-bond acceptors (Lipinski definition) is 4. The number of nitrogens with zero attached hydrogens (tertiary/aromatic N) is 2. The molecule has 2 unspecified atom stereocenters. The Morgan fingerprint density at radius 1 is 1.30 bits per heavy atom. The minimum Gasteiger partial charge on any atom is -0.339 e. The fraction of sp³-hybridized carbons (Fsp3) is 0.429. The third-order valence-corrected chi connectivity index (χ3v) is 3.21. The minimum atomic E-state index is -0.252. The molecule has 2 aromatic rings. The third-order valence-electron chi connectivity index (χ3n) is 3.21. The third kappa shape index (κ3) is 3.77. The van der Waals surface area contributed by atoms with E-state index in [1.165, 1.54) is 6.07 Å². The molecular formula is C14H19ClFN3O. The summed E-state index contributed by atoms with van der Waals surface area (Å²) < 4.78 is 18.9. The normalized spacial score (nSPS) is 13.6. The molecule has 2 atom stereocenters. The average molecular weight is 300 g/mol. The van der Waals surface area contributed by atoms with E-state index in [9.17, 15) is 4.39 Å². The minimum absolute atomic E-state index is 0. The first-order valence-electron chi connectivity index (χ1n) is 6.36. The van der Waals surface area contributed by atoms with Crippen molar-refractivity contribution in [2.45, 2.75) is 32.2 Å². The SMILES string of the molecule is CNC(C)Cc1noc(C(C)c2ccccc2F)n1.Cl. The Labute approximate surface area is 124 Å². The topological polar surface area (TPSA) is 51.0 Å². The van der Waals surface area contributed by atoms with Crippen LogP contribution in [0.5, 0.6) is 0 Å². The highest BCUT2D eigenvalue weighted by atomic mass is 35.5. The van der Waals surface area contributed by atoms with Crippen LogP contribution < -0.4 is 5.32 Å². The molecule has 0 bridgehead atoms. The second kappa shape index (κ2) is 7.36. The summed E-state index contributed by atoms with van der Waals surface area (Å²) in [5.74, 6) is 0.592. The van der Waals surface area contributed by atoms with Crippen molar-refractivity contribution in [1.82, 2.24) is 15.5 Å². The molecule has 6 heteroatoms. The summed E-state index contributed by atoms with van der Waals surface area (Å²) in [6.45, 7) is 3.90. The molecule has 0 radical (unpaired) electrons. The summed E-state index contributed by atoms with van der Waals surface area (Å²) in [5.41, 5.74) is 0.569. The van der Waals surface area contributed by atoms with Gasteiger partial charge in [-0.25, -0.2) is 4.39 Å². The van der Waals surface area contributed by atoms with Gasteiger partial charge in [-0.1, -0.05) is 23.4 Å². The average Bonchev–Trinajstić information content (AvgIpc) is 2.87. The largest absolute Gasteiger partial charge is 0.339 e. The van der Waals surface area contributed by atoms with Crippen molar-refractivity contribution >= 4 is 12.4 Å². The van der Waals surface area contributed by atoms with E-state index in [1.807, 2.05) is 20.9 Å². The zero-order valence-electron chi connectivity index (χ0n) is 11.8. The van der Waals surface area contributed by atoms with E-state index in [0.717, 1.165) is 0 Å². The Morgan fingerprint density at radius 3 is 2.65 bits per heavy atom. The summed E-state index contributed by atoms with van der Waals surface area (Å²) in [6.07, 6.45) is 0.685. The van der Waals surface area contributed by atoms with Crippen LogP contribution in [0.2, 0.25) is 0 Å². The van der Waals surface area contributed by atoms with Gasteiger partial charge in [0.15, 0.2) is 5.82 Å². The molecule has 0 spiro atoms. The first-order valence-corrected chi connectivity index (χ1v) is 6.36. The van der Waals surface area contributed by atoms with Gasteiger partial charge in [0.1, 0.15) is 5.82 Å². The summed E-state index contributed by atoms with van der Waals surface area (Å²) in [5, 5.41) is 7.04. The molecule has 0 amide bonds. The molecule has 1 aromatic heterocycles. The van der Waals surface area contributed by atoms with Gasteiger partial charge < -0.3 is 9.84 Å². The number of benzene rings is 1. The zero-order chi connectivity index (χ0) is 13.8. The Kier molecular flexibility index (Phi) is 6.10. The Balaban J connectivity index is 0.00000200. The van der Waals surface area contributed by atoms with Gasteiger partial charge in [0.05, 0.1) is 5.92 Å². The van der Waals surface area contributed by atoms with E-state index in [0.29, 0.717) is 23.7 Å². The second-order valence-corrected chi connectivity index (χ2v) is 4.69. The molecular weight excluding hydrogens is 281 g/mol. The summed E-state index contributed by atoms with van der Waals surface area (Å²) >= 11 is 0. The zero-order valence-corrected chi connectivity index (χ0v) is 12.6. The molecule has 4 nitrogen and oxygen atoms in total. The lowest BCUT2D eigenvalue weighted by atomic mass is 10.0. The molecule has 0 aliphatic heterocycles. The van der Waals surface area contributed by atoms with Gasteiger partial charge in [0, 0.05) is 12.5 Å². The van der Waals surface area contributed by atoms with Crippen molar-refractivity contribution < 1.29 is 8.91 Å². The van der Waals surface area contributed by atoms with E-state index in [1.54, 1.807) is 18.2 Å². The lowest BCUT2D eigenvalue weighted by Crippen LogP contribution is -2.24. The van der Waals surface area contributed by atoms with Crippen LogP contribution in [0.1, 0.15) is 37.0 Å². The number of hydrogen-bond donors (Lipinski definition) is 1. The molecule has 20 heavy (non-hydrogen) atoms. The van der Waals surface area contributed by atoms with Gasteiger partial charge in [0.25, 0.3) is 0 Å². The second-order valence-electron chi connectivity index (χ2n) is 4.69. The summed E-state index contributed by atoms with van der Waals surface area (Å²) in [6, 6.07) is 6.91. The van der Waals surface area contributed by atoms with Gasteiger partial charge in [-0.15, -0.1) is 12.4 Å². The highest BCUT2D eigenvalue weighted by molar-refractivity contribution is 5.85. The van der Waals surface area contributed by atoms with E-state index in [2.05, 4.69) is 15.5 Å². The monoisotopic (exact) mass is 299 g/mol. The molecule has 110 valence electrons. The van der Waals surface area contributed by atoms with Gasteiger partial charge in [0.2, 0.25) is 5.89 Å². The summed E-state index contributed by atoms with van der Waals surface area (Å²) in [7, 11) is 1.88. The van der Waals surface area contributed by atoms with Crippen LogP contribution in [0.3, 0.4) is 0 Å². The van der Waals surface area contributed by atoms with Gasteiger partial charge in [-0.2, -0.15) is 4.98 Å². The van der Waals surface area contributed by atoms with E-state index >= 15 is 0 Å². The van der Waals surface area contributed by atoms with E-state index < -0.39 is 0 Å². The molecule has 1 aromatic carbocycles. The fourth-order valence-electron chi connectivity index (χ4n) is 1.86. The Bertz CT molecular complexity index is 547. The van der Waals surface area contributed by atoms with E-state index in [4.69, 9.17) is 4.52 Å². The highest BCUT2D eigenvalue weighted by Crippen LogP contribution is 2.24. The van der Waals surface area contributed by atoms with Crippen molar-refractivity contribution in [2.75, 3.05) is 7.05 Å². The van der Waals surface area contributed by atoms with Crippen LogP contribution in [-0.2, 0) is 6.42 Å². The van der Waals surface area contributed by atoms with Crippen LogP contribution in [0.25, 0.3) is 0 Å². The molecule has 0 saturated heterocycles. The maximum Gasteiger partial charge on any atom is 0.234 e. The first kappa shape index (κ1) is 16.6. The number of aromatic nitrogens is 2. The number of halogens is 2. The van der Waals surface area contributed by atoms with E-state index in [-0.39, 0.29) is 30.2 Å². The van der Waals surface area contributed by atoms with Gasteiger partial charge in [-0.3, -0.25) is 0 Å². The molecule has 0 fully saturated rings. The summed E-state index contributed by atoms with van der Waals surface area (Å²) in [4.78, 5) is 4.33. The quantitative estimate of drug-likeness (QED) is 0.922. The predicted molar refractivity (Wildman–Crippen MR) is 77.7 cm³/mol. The number of nitrogens with one attached hydrogen (secondary N) is 1. The van der Waals surface area contributed by atoms with Crippen LogP contribution in [0, 0.1) is 5.82 Å². The molecule has 1 heterocycles. The first-order chi connectivity index (χ1) is 9.11. The highest BCUT2D eigenvalue weighted by Gasteiger charge is 2.19. The van der Waals surface area contributed by atoms with Gasteiger partial charge in [-0.05, 0) is 32.5 Å². The predicted octanol–water partition coefficient (Wildman–Crippen LogP) is 2.93. The molecule has 1 N–H and O–H groups in total. The van der Waals surface area contributed by atoms with Crippen molar-refractivity contribution in [1.29, 1.82) is 0 Å². The molecule has 0 aliphatic carbocycles. The smallest absolute Gasteiger partial charge is 0.234 e. The molecule has 0 saturated carbocycles. The lowest BCUT2D eigenvalue weighted by molar-refractivity contribution is 0.361. The standard InChI is InChI=1S/C14H18FN3O.ClH/c1-9(16-3)8-13-17-14(19-18-13)10(2)11-6-4-5-7-12(11)15;/h4-7,9-10,16H,8H2,1-3H3;1H. The van der Waals surface area contributed by atoms with Crippen molar-refractivity contribution in [3.8, 4) is 0 Å². The van der Waals surface area contributed by atoms with Crippen molar-refractivity contribution in [2.24, 2.45) is 0 Å². The fourth-order valence-corrected chi connectivity index (χ4v) is 1.86. The Hall–Kier alpha value is -1.46. The molecule has 2 rings (SSSR count). The van der Waals surface area contributed by atoms with Crippen molar-refractivity contribution in [3.05, 3.63) is 47.4 Å². The van der Waals surface area contributed by atoms with Gasteiger partial charge >= 0.3 is 0 Å². The van der Waals surface area contributed by atoms with Crippen LogP contribution in [-0.4, -0.2) is 23.2 Å². The Morgan fingerprint density at radius 2 is 2.00 bits per heavy atom. The molecule has 0 aliphatic rings. The van der Waals surface area contributed by atoms with Crippen LogP contribution in [0.15, 0.2) is 28.8 Å².